The lowest BCUT2D eigenvalue weighted by Crippen LogP contribution is -2.36. The lowest BCUT2D eigenvalue weighted by molar-refractivity contribution is -0.117. The Hall–Kier alpha value is -1.35. The maximum atomic E-state index is 11.8. The minimum atomic E-state index is -0.430. The molecule has 1 rings (SSSR count). The van der Waals surface area contributed by atoms with Gasteiger partial charge in [-0.15, -0.1) is 0 Å². The summed E-state index contributed by atoms with van der Waals surface area (Å²) < 4.78 is 0. The van der Waals surface area contributed by atoms with Crippen molar-refractivity contribution in [3.05, 3.63) is 29.8 Å². The van der Waals surface area contributed by atoms with Crippen molar-refractivity contribution >= 4 is 11.6 Å². The quantitative estimate of drug-likeness (QED) is 0.813. The van der Waals surface area contributed by atoms with E-state index >= 15 is 0 Å². The number of hydrogen-bond acceptors (Lipinski definition) is 2. The molecule has 3 N–H and O–H groups in total. The number of aryl methyl sites for hydroxylation is 1. The molecule has 0 radical (unpaired) electrons. The number of nitrogens with one attached hydrogen (secondary N) is 1. The lowest BCUT2D eigenvalue weighted by Gasteiger charge is -2.14. The van der Waals surface area contributed by atoms with Gasteiger partial charge in [0.2, 0.25) is 5.91 Å². The van der Waals surface area contributed by atoms with Crippen LogP contribution >= 0.6 is 0 Å². The molecule has 0 fully saturated rings. The van der Waals surface area contributed by atoms with Gasteiger partial charge < -0.3 is 11.1 Å². The lowest BCUT2D eigenvalue weighted by atomic mass is 10.0. The van der Waals surface area contributed by atoms with Crippen LogP contribution in [0.15, 0.2) is 24.3 Å². The monoisotopic (exact) mass is 248 g/mol. The highest BCUT2D eigenvalue weighted by Crippen LogP contribution is 2.12. The molecule has 0 bridgehead atoms. The molecule has 1 aromatic rings. The van der Waals surface area contributed by atoms with Crippen molar-refractivity contribution in [1.29, 1.82) is 0 Å². The van der Waals surface area contributed by atoms with Gasteiger partial charge in [-0.1, -0.05) is 39.3 Å². The number of rotatable bonds is 6. The van der Waals surface area contributed by atoms with Crippen molar-refractivity contribution < 1.29 is 4.79 Å². The van der Waals surface area contributed by atoms with Crippen LogP contribution in [-0.2, 0) is 11.2 Å². The summed E-state index contributed by atoms with van der Waals surface area (Å²) in [6, 6.07) is 7.54. The molecule has 100 valence electrons. The summed E-state index contributed by atoms with van der Waals surface area (Å²) >= 11 is 0. The first-order valence-electron chi connectivity index (χ1n) is 6.68. The topological polar surface area (TPSA) is 55.1 Å². The molecule has 1 amide bonds. The van der Waals surface area contributed by atoms with Crippen molar-refractivity contribution in [2.24, 2.45) is 11.7 Å². The Kier molecular flexibility index (Phi) is 5.86. The summed E-state index contributed by atoms with van der Waals surface area (Å²) in [7, 11) is 0. The Morgan fingerprint density at radius 1 is 1.28 bits per heavy atom. The van der Waals surface area contributed by atoms with Crippen LogP contribution in [0.1, 0.15) is 39.2 Å². The molecule has 0 saturated carbocycles. The third kappa shape index (κ3) is 4.88. The first-order chi connectivity index (χ1) is 8.52. The standard InChI is InChI=1S/C15H24N2O/c1-4-5-12-6-8-13(9-7-12)17-15(18)14(16)10-11(2)3/h6-9,11,14H,4-5,10,16H2,1-3H3,(H,17,18)/t14-/m1/s1. The van der Waals surface area contributed by atoms with Crippen molar-refractivity contribution in [2.75, 3.05) is 5.32 Å². The van der Waals surface area contributed by atoms with Crippen LogP contribution in [0.5, 0.6) is 0 Å². The Morgan fingerprint density at radius 2 is 1.89 bits per heavy atom. The van der Waals surface area contributed by atoms with Gasteiger partial charge in [0, 0.05) is 5.69 Å². The van der Waals surface area contributed by atoms with Crippen molar-refractivity contribution in [2.45, 2.75) is 46.1 Å². The second kappa shape index (κ2) is 7.17. The van der Waals surface area contributed by atoms with Crippen LogP contribution in [0, 0.1) is 5.92 Å². The molecule has 3 heteroatoms. The SMILES string of the molecule is CCCc1ccc(NC(=O)[C@H](N)CC(C)C)cc1. The number of anilines is 1. The van der Waals surface area contributed by atoms with Gasteiger partial charge in [-0.2, -0.15) is 0 Å². The Balaban J connectivity index is 2.53. The van der Waals surface area contributed by atoms with Crippen LogP contribution in [0.4, 0.5) is 5.69 Å². The number of nitrogens with two attached hydrogens (primary N) is 1. The number of amides is 1. The minimum absolute atomic E-state index is 0.105. The smallest absolute Gasteiger partial charge is 0.241 e. The predicted molar refractivity (Wildman–Crippen MR) is 76.5 cm³/mol. The fourth-order valence-corrected chi connectivity index (χ4v) is 1.89. The summed E-state index contributed by atoms with van der Waals surface area (Å²) in [5.41, 5.74) is 7.94. The summed E-state index contributed by atoms with van der Waals surface area (Å²) in [5.74, 6) is 0.324. The molecule has 0 saturated heterocycles. The second-order valence-corrected chi connectivity index (χ2v) is 5.17. The third-order valence-corrected chi connectivity index (χ3v) is 2.82. The maximum Gasteiger partial charge on any atom is 0.241 e. The van der Waals surface area contributed by atoms with E-state index in [1.165, 1.54) is 5.56 Å². The Labute approximate surface area is 110 Å². The molecule has 0 unspecified atom stereocenters. The summed E-state index contributed by atoms with van der Waals surface area (Å²) in [6.07, 6.45) is 2.91. The third-order valence-electron chi connectivity index (χ3n) is 2.82. The van der Waals surface area contributed by atoms with Gasteiger partial charge in [-0.25, -0.2) is 0 Å². The van der Waals surface area contributed by atoms with Crippen molar-refractivity contribution in [3.63, 3.8) is 0 Å². The van der Waals surface area contributed by atoms with Crippen molar-refractivity contribution in [1.82, 2.24) is 0 Å². The fraction of sp³-hybridized carbons (Fsp3) is 0.533. The summed E-state index contributed by atoms with van der Waals surface area (Å²) in [5, 5.41) is 2.85. The molecule has 1 aromatic carbocycles. The molecule has 1 atom stereocenters. The minimum Gasteiger partial charge on any atom is -0.325 e. The highest BCUT2D eigenvalue weighted by molar-refractivity contribution is 5.94. The van der Waals surface area contributed by atoms with E-state index in [2.05, 4.69) is 26.1 Å². The summed E-state index contributed by atoms with van der Waals surface area (Å²) in [4.78, 5) is 11.8. The molecular formula is C15H24N2O. The molecule has 3 nitrogen and oxygen atoms in total. The van der Waals surface area contributed by atoms with E-state index in [0.29, 0.717) is 12.3 Å². The van der Waals surface area contributed by atoms with Gasteiger partial charge in [-0.3, -0.25) is 4.79 Å². The van der Waals surface area contributed by atoms with Crippen molar-refractivity contribution in [3.8, 4) is 0 Å². The molecule has 0 heterocycles. The molecular weight excluding hydrogens is 224 g/mol. The van der Waals surface area contributed by atoms with Gasteiger partial charge >= 0.3 is 0 Å². The van der Waals surface area contributed by atoms with E-state index in [1.54, 1.807) is 0 Å². The normalized spacial score (nSPS) is 12.5. The highest BCUT2D eigenvalue weighted by Gasteiger charge is 2.14. The van der Waals surface area contributed by atoms with E-state index in [0.717, 1.165) is 18.5 Å². The van der Waals surface area contributed by atoms with Crippen LogP contribution in [-0.4, -0.2) is 11.9 Å². The average Bonchev–Trinajstić information content (AvgIpc) is 2.31. The highest BCUT2D eigenvalue weighted by atomic mass is 16.2. The molecule has 0 aliphatic carbocycles. The number of benzene rings is 1. The second-order valence-electron chi connectivity index (χ2n) is 5.17. The van der Waals surface area contributed by atoms with Gasteiger partial charge in [0.05, 0.1) is 6.04 Å². The predicted octanol–water partition coefficient (Wildman–Crippen LogP) is 2.95. The van der Waals surface area contributed by atoms with Gasteiger partial charge in [-0.05, 0) is 36.5 Å². The molecule has 0 aliphatic heterocycles. The number of carbonyl (C=O) groups excluding carboxylic acids is 1. The first kappa shape index (κ1) is 14.7. The van der Waals surface area contributed by atoms with Crippen LogP contribution in [0.3, 0.4) is 0 Å². The van der Waals surface area contributed by atoms with E-state index in [-0.39, 0.29) is 5.91 Å². The Bertz CT molecular complexity index is 371. The zero-order valence-corrected chi connectivity index (χ0v) is 11.6. The van der Waals surface area contributed by atoms with E-state index in [9.17, 15) is 4.79 Å². The van der Waals surface area contributed by atoms with E-state index in [4.69, 9.17) is 5.73 Å². The van der Waals surface area contributed by atoms with Gasteiger partial charge in [0.15, 0.2) is 0 Å². The first-order valence-corrected chi connectivity index (χ1v) is 6.68. The average molecular weight is 248 g/mol. The zero-order valence-electron chi connectivity index (χ0n) is 11.6. The fourth-order valence-electron chi connectivity index (χ4n) is 1.89. The van der Waals surface area contributed by atoms with Gasteiger partial charge in [0.1, 0.15) is 0 Å². The zero-order chi connectivity index (χ0) is 13.5. The molecule has 0 aliphatic rings. The number of carbonyl (C=O) groups is 1. The van der Waals surface area contributed by atoms with Crippen LogP contribution < -0.4 is 11.1 Å². The largest absolute Gasteiger partial charge is 0.325 e. The van der Waals surface area contributed by atoms with Crippen LogP contribution in [0.2, 0.25) is 0 Å². The van der Waals surface area contributed by atoms with E-state index < -0.39 is 6.04 Å². The van der Waals surface area contributed by atoms with Gasteiger partial charge in [0.25, 0.3) is 0 Å². The maximum absolute atomic E-state index is 11.8. The molecule has 0 aromatic heterocycles. The molecule has 18 heavy (non-hydrogen) atoms. The Morgan fingerprint density at radius 3 is 2.39 bits per heavy atom. The van der Waals surface area contributed by atoms with Crippen LogP contribution in [0.25, 0.3) is 0 Å². The number of hydrogen-bond donors (Lipinski definition) is 2. The molecule has 0 spiro atoms. The summed E-state index contributed by atoms with van der Waals surface area (Å²) in [6.45, 7) is 6.28. The van der Waals surface area contributed by atoms with E-state index in [1.807, 2.05) is 24.3 Å².